The van der Waals surface area contributed by atoms with Crippen molar-refractivity contribution < 1.29 is 8.42 Å². The minimum atomic E-state index is -3.11. The first-order valence-corrected chi connectivity index (χ1v) is 10.2. The minimum Gasteiger partial charge on any atom is -0.316 e. The van der Waals surface area contributed by atoms with Gasteiger partial charge in [0.15, 0.2) is 9.84 Å². The number of benzene rings is 1. The van der Waals surface area contributed by atoms with Crippen LogP contribution >= 0.6 is 0 Å². The molecule has 1 N–H and O–H groups in total. The van der Waals surface area contributed by atoms with E-state index >= 15 is 0 Å². The summed E-state index contributed by atoms with van der Waals surface area (Å²) in [6.45, 7) is 5.59. The van der Waals surface area contributed by atoms with Crippen LogP contribution in [0, 0.1) is 5.92 Å². The predicted molar refractivity (Wildman–Crippen MR) is 89.0 cm³/mol. The van der Waals surface area contributed by atoms with E-state index in [0.717, 1.165) is 44.9 Å². The summed E-state index contributed by atoms with van der Waals surface area (Å²) >= 11 is 0. The van der Waals surface area contributed by atoms with E-state index in [4.69, 9.17) is 0 Å². The third kappa shape index (κ3) is 3.89. The van der Waals surface area contributed by atoms with Gasteiger partial charge in [-0.25, -0.2) is 8.42 Å². The molecule has 1 aromatic rings. The third-order valence-electron chi connectivity index (χ3n) is 4.92. The molecular formula is C17H26N2O2S. The molecule has 4 nitrogen and oxygen atoms in total. The normalized spacial score (nSPS) is 23.8. The number of nitrogens with zero attached hydrogens (tertiary/aromatic N) is 1. The Balaban J connectivity index is 1.67. The molecule has 0 saturated carbocycles. The van der Waals surface area contributed by atoms with Gasteiger partial charge in [-0.05, 0) is 68.0 Å². The second kappa shape index (κ2) is 6.69. The zero-order valence-electron chi connectivity index (χ0n) is 13.3. The van der Waals surface area contributed by atoms with Crippen molar-refractivity contribution in [2.24, 2.45) is 5.92 Å². The van der Waals surface area contributed by atoms with Crippen LogP contribution in [0.15, 0.2) is 23.1 Å². The maximum Gasteiger partial charge on any atom is 0.175 e. The first-order valence-electron chi connectivity index (χ1n) is 8.27. The first kappa shape index (κ1) is 16.0. The molecule has 0 bridgehead atoms. The molecule has 0 aromatic heterocycles. The standard InChI is InChI=1S/C17H26N2O2S/c1-22(20,21)17-5-4-15-6-9-19(10-7-16(15)11-17)13-14-3-2-8-18-12-14/h4-5,11,14,18H,2-3,6-10,12-13H2,1H3. The van der Waals surface area contributed by atoms with E-state index in [2.05, 4.69) is 10.2 Å². The van der Waals surface area contributed by atoms with Gasteiger partial charge in [-0.2, -0.15) is 0 Å². The Hall–Kier alpha value is -0.910. The summed E-state index contributed by atoms with van der Waals surface area (Å²) in [5.41, 5.74) is 2.53. The van der Waals surface area contributed by atoms with Crippen LogP contribution in [0.25, 0.3) is 0 Å². The van der Waals surface area contributed by atoms with Crippen LogP contribution in [-0.4, -0.2) is 52.3 Å². The summed E-state index contributed by atoms with van der Waals surface area (Å²) in [6.07, 6.45) is 5.89. The van der Waals surface area contributed by atoms with E-state index < -0.39 is 9.84 Å². The lowest BCUT2D eigenvalue weighted by Crippen LogP contribution is -2.39. The molecule has 5 heteroatoms. The Kier molecular flexibility index (Phi) is 4.85. The summed E-state index contributed by atoms with van der Waals surface area (Å²) < 4.78 is 23.4. The molecule has 122 valence electrons. The third-order valence-corrected chi connectivity index (χ3v) is 6.03. The van der Waals surface area contributed by atoms with Crippen LogP contribution in [0.3, 0.4) is 0 Å². The number of nitrogens with one attached hydrogen (secondary N) is 1. The van der Waals surface area contributed by atoms with Crippen molar-refractivity contribution in [3.8, 4) is 0 Å². The average Bonchev–Trinajstić information content (AvgIpc) is 2.70. The lowest BCUT2D eigenvalue weighted by molar-refractivity contribution is 0.215. The van der Waals surface area contributed by atoms with Gasteiger partial charge >= 0.3 is 0 Å². The highest BCUT2D eigenvalue weighted by Gasteiger charge is 2.20. The molecule has 1 unspecified atom stereocenters. The van der Waals surface area contributed by atoms with Crippen molar-refractivity contribution >= 4 is 9.84 Å². The molecule has 2 aliphatic heterocycles. The number of hydrogen-bond donors (Lipinski definition) is 1. The molecule has 22 heavy (non-hydrogen) atoms. The van der Waals surface area contributed by atoms with Gasteiger partial charge in [0.2, 0.25) is 0 Å². The molecule has 1 fully saturated rings. The predicted octanol–water partition coefficient (Wildman–Crippen LogP) is 1.49. The molecule has 1 aromatic carbocycles. The van der Waals surface area contributed by atoms with Gasteiger partial charge in [0.25, 0.3) is 0 Å². The molecule has 0 aliphatic carbocycles. The maximum atomic E-state index is 11.7. The van der Waals surface area contributed by atoms with Crippen LogP contribution < -0.4 is 5.32 Å². The van der Waals surface area contributed by atoms with Gasteiger partial charge in [-0.15, -0.1) is 0 Å². The Morgan fingerprint density at radius 1 is 1.23 bits per heavy atom. The molecule has 0 spiro atoms. The maximum absolute atomic E-state index is 11.7. The summed E-state index contributed by atoms with van der Waals surface area (Å²) in [4.78, 5) is 3.01. The second-order valence-corrected chi connectivity index (χ2v) is 8.73. The van der Waals surface area contributed by atoms with Crippen molar-refractivity contribution in [3.05, 3.63) is 29.3 Å². The van der Waals surface area contributed by atoms with Gasteiger partial charge in [-0.1, -0.05) is 6.07 Å². The summed E-state index contributed by atoms with van der Waals surface area (Å²) in [5.74, 6) is 0.765. The highest BCUT2D eigenvalue weighted by Crippen LogP contribution is 2.21. The minimum absolute atomic E-state index is 0.455. The number of fused-ring (bicyclic) bond motifs is 1. The molecule has 2 aliphatic rings. The Morgan fingerprint density at radius 2 is 2.00 bits per heavy atom. The fraction of sp³-hybridized carbons (Fsp3) is 0.647. The van der Waals surface area contributed by atoms with Crippen molar-refractivity contribution in [3.63, 3.8) is 0 Å². The van der Waals surface area contributed by atoms with Crippen LogP contribution in [0.2, 0.25) is 0 Å². The van der Waals surface area contributed by atoms with Gasteiger partial charge < -0.3 is 10.2 Å². The monoisotopic (exact) mass is 322 g/mol. The van der Waals surface area contributed by atoms with E-state index in [1.54, 1.807) is 6.07 Å². The Labute approximate surface area is 133 Å². The molecular weight excluding hydrogens is 296 g/mol. The molecule has 0 radical (unpaired) electrons. The Bertz CT molecular complexity index is 622. The average molecular weight is 322 g/mol. The number of hydrogen-bond acceptors (Lipinski definition) is 4. The smallest absolute Gasteiger partial charge is 0.175 e. The van der Waals surface area contributed by atoms with Crippen molar-refractivity contribution in [1.82, 2.24) is 10.2 Å². The number of rotatable bonds is 3. The van der Waals surface area contributed by atoms with Crippen molar-refractivity contribution in [1.29, 1.82) is 0 Å². The highest BCUT2D eigenvalue weighted by molar-refractivity contribution is 7.90. The Morgan fingerprint density at radius 3 is 2.68 bits per heavy atom. The van der Waals surface area contributed by atoms with Crippen LogP contribution in [0.1, 0.15) is 24.0 Å². The van der Waals surface area contributed by atoms with Crippen LogP contribution in [0.5, 0.6) is 0 Å². The summed E-state index contributed by atoms with van der Waals surface area (Å²) in [6, 6.07) is 5.66. The topological polar surface area (TPSA) is 49.4 Å². The van der Waals surface area contributed by atoms with Crippen molar-refractivity contribution in [2.45, 2.75) is 30.6 Å². The van der Waals surface area contributed by atoms with Crippen LogP contribution in [-0.2, 0) is 22.7 Å². The van der Waals surface area contributed by atoms with Gasteiger partial charge in [0, 0.05) is 25.9 Å². The van der Waals surface area contributed by atoms with Gasteiger partial charge in [0.05, 0.1) is 4.90 Å². The highest BCUT2D eigenvalue weighted by atomic mass is 32.2. The van der Waals surface area contributed by atoms with E-state index in [0.29, 0.717) is 4.90 Å². The van der Waals surface area contributed by atoms with Crippen molar-refractivity contribution in [2.75, 3.05) is 39.0 Å². The quantitative estimate of drug-likeness (QED) is 0.916. The van der Waals surface area contributed by atoms with Gasteiger partial charge in [-0.3, -0.25) is 0 Å². The van der Waals surface area contributed by atoms with E-state index in [1.165, 1.54) is 36.8 Å². The molecule has 2 heterocycles. The van der Waals surface area contributed by atoms with E-state index in [1.807, 2.05) is 12.1 Å². The second-order valence-electron chi connectivity index (χ2n) is 6.72. The molecule has 1 atom stereocenters. The first-order chi connectivity index (χ1) is 10.5. The van der Waals surface area contributed by atoms with E-state index in [-0.39, 0.29) is 0 Å². The fourth-order valence-electron chi connectivity index (χ4n) is 3.61. The lowest BCUT2D eigenvalue weighted by atomic mass is 9.99. The molecule has 1 saturated heterocycles. The molecule has 0 amide bonds. The zero-order chi connectivity index (χ0) is 15.6. The number of sulfone groups is 1. The van der Waals surface area contributed by atoms with Gasteiger partial charge in [0.1, 0.15) is 0 Å². The van der Waals surface area contributed by atoms with E-state index in [9.17, 15) is 8.42 Å². The fourth-order valence-corrected chi connectivity index (χ4v) is 4.28. The molecule has 3 rings (SSSR count). The lowest BCUT2D eigenvalue weighted by Gasteiger charge is -2.29. The largest absolute Gasteiger partial charge is 0.316 e. The van der Waals surface area contributed by atoms with Crippen LogP contribution in [0.4, 0.5) is 0 Å². The zero-order valence-corrected chi connectivity index (χ0v) is 14.2. The number of piperidine rings is 1. The summed E-state index contributed by atoms with van der Waals surface area (Å²) in [5, 5.41) is 3.49. The SMILES string of the molecule is CS(=O)(=O)c1ccc2c(c1)CCN(CC1CCCNC1)CC2. The summed E-state index contributed by atoms with van der Waals surface area (Å²) in [7, 11) is -3.11.